The van der Waals surface area contributed by atoms with Crippen molar-refractivity contribution in [1.82, 2.24) is 14.9 Å². The molecule has 10 heteroatoms. The number of nitrogens with one attached hydrogen (secondary N) is 2. The van der Waals surface area contributed by atoms with Gasteiger partial charge in [-0.1, -0.05) is 0 Å². The van der Waals surface area contributed by atoms with E-state index < -0.39 is 35.4 Å². The van der Waals surface area contributed by atoms with Gasteiger partial charge in [0.25, 0.3) is 0 Å². The molecule has 0 atom stereocenters. The number of sulfonamides is 1. The van der Waals surface area contributed by atoms with Crippen LogP contribution in [0.3, 0.4) is 0 Å². The van der Waals surface area contributed by atoms with Crippen LogP contribution in [-0.4, -0.2) is 59.3 Å². The molecule has 0 radical (unpaired) electrons. The van der Waals surface area contributed by atoms with Gasteiger partial charge in [0.15, 0.2) is 0 Å². The third-order valence-electron chi connectivity index (χ3n) is 2.18. The van der Waals surface area contributed by atoms with E-state index in [0.29, 0.717) is 0 Å². The van der Waals surface area contributed by atoms with Gasteiger partial charge in [0.1, 0.15) is 16.3 Å². The van der Waals surface area contributed by atoms with Gasteiger partial charge in [0, 0.05) is 0 Å². The summed E-state index contributed by atoms with van der Waals surface area (Å²) in [6.07, 6.45) is 0.981. The number of nitrogens with zero attached hydrogens (tertiary/aromatic N) is 1. The summed E-state index contributed by atoms with van der Waals surface area (Å²) in [6, 6.07) is 0. The molecule has 0 saturated carbocycles. The van der Waals surface area contributed by atoms with Crippen LogP contribution in [0.5, 0.6) is 0 Å². The summed E-state index contributed by atoms with van der Waals surface area (Å²) in [5.74, 6) is -0.180. The normalized spacial score (nSPS) is 12.9. The van der Waals surface area contributed by atoms with Crippen LogP contribution in [0.1, 0.15) is 0 Å². The third-order valence-corrected chi connectivity index (χ3v) is 3.79. The van der Waals surface area contributed by atoms with Crippen LogP contribution in [0.4, 0.5) is 5.82 Å². The smallest absolute Gasteiger partial charge is 0.246 e. The number of anilines is 1. The Bertz CT molecular complexity index is 458. The van der Waals surface area contributed by atoms with Gasteiger partial charge in [-0.15, -0.1) is 0 Å². The Morgan fingerprint density at radius 1 is 1.35 bits per heavy atom. The largest absolute Gasteiger partial charge is 0.394 e. The molecule has 0 bridgehead atoms. The van der Waals surface area contributed by atoms with Crippen LogP contribution in [-0.2, 0) is 10.0 Å². The van der Waals surface area contributed by atoms with Gasteiger partial charge in [0.2, 0.25) is 10.0 Å². The maximum atomic E-state index is 11.8. The molecule has 0 saturated heterocycles. The molecule has 0 unspecified atom stereocenters. The average molecular weight is 266 g/mol. The first kappa shape index (κ1) is 13.9. The zero-order chi connectivity index (χ0) is 13.1. The second-order valence-corrected chi connectivity index (χ2v) is 5.16. The highest BCUT2D eigenvalue weighted by Crippen LogP contribution is 2.16. The van der Waals surface area contributed by atoms with E-state index in [1.165, 1.54) is 0 Å². The van der Waals surface area contributed by atoms with Crippen molar-refractivity contribution < 1.29 is 23.7 Å². The molecule has 1 aromatic rings. The Hall–Kier alpha value is -1.20. The highest BCUT2D eigenvalue weighted by atomic mass is 32.2. The van der Waals surface area contributed by atoms with E-state index >= 15 is 0 Å². The van der Waals surface area contributed by atoms with Gasteiger partial charge in [-0.2, -0.15) is 9.82 Å². The van der Waals surface area contributed by atoms with Crippen molar-refractivity contribution in [3.05, 3.63) is 6.20 Å². The molecular weight excluding hydrogens is 252 g/mol. The molecule has 0 amide bonds. The van der Waals surface area contributed by atoms with Gasteiger partial charge < -0.3 is 21.1 Å². The van der Waals surface area contributed by atoms with Crippen LogP contribution < -0.4 is 10.5 Å². The van der Waals surface area contributed by atoms with Crippen molar-refractivity contribution in [2.45, 2.75) is 10.4 Å². The third kappa shape index (κ3) is 2.73. The molecule has 98 valence electrons. The average Bonchev–Trinajstić information content (AvgIpc) is 2.73. The highest BCUT2D eigenvalue weighted by molar-refractivity contribution is 7.89. The number of hydrogen-bond acceptors (Lipinski definition) is 7. The molecule has 0 aliphatic rings. The van der Waals surface area contributed by atoms with Crippen molar-refractivity contribution in [1.29, 1.82) is 0 Å². The number of rotatable bonds is 6. The van der Waals surface area contributed by atoms with Crippen LogP contribution in [0.25, 0.3) is 0 Å². The summed E-state index contributed by atoms with van der Waals surface area (Å²) in [4.78, 5) is -0.322. The fraction of sp³-hybridized carbons (Fsp3) is 0.571. The first-order valence-electron chi connectivity index (χ1n) is 4.56. The number of aromatic nitrogens is 2. The van der Waals surface area contributed by atoms with Crippen molar-refractivity contribution in [3.8, 4) is 0 Å². The molecule has 17 heavy (non-hydrogen) atoms. The summed E-state index contributed by atoms with van der Waals surface area (Å²) in [5.41, 5.74) is 3.60. The quantitative estimate of drug-likeness (QED) is 0.319. The number of nitrogens with two attached hydrogens (primary N) is 1. The second-order valence-electron chi connectivity index (χ2n) is 3.51. The van der Waals surface area contributed by atoms with E-state index in [4.69, 9.17) is 21.1 Å². The summed E-state index contributed by atoms with van der Waals surface area (Å²) in [6.45, 7) is -2.30. The summed E-state index contributed by atoms with van der Waals surface area (Å²) < 4.78 is 25.6. The summed E-state index contributed by atoms with van der Waals surface area (Å²) in [5, 5.41) is 32.7. The summed E-state index contributed by atoms with van der Waals surface area (Å²) >= 11 is 0. The van der Waals surface area contributed by atoms with Gasteiger partial charge in [0.05, 0.1) is 26.0 Å². The molecule has 0 aliphatic heterocycles. The number of H-pyrrole nitrogens is 1. The Morgan fingerprint density at radius 2 is 1.88 bits per heavy atom. The van der Waals surface area contributed by atoms with E-state index in [0.717, 1.165) is 6.20 Å². The minimum absolute atomic E-state index is 0.180. The highest BCUT2D eigenvalue weighted by Gasteiger charge is 2.35. The molecular formula is C7H14N4O5S. The minimum atomic E-state index is -4.09. The molecule has 1 rings (SSSR count). The molecule has 1 heterocycles. The number of aliphatic hydroxyl groups excluding tert-OH is 3. The predicted octanol–water partition coefficient (Wildman–Crippen LogP) is -3.01. The molecule has 9 nitrogen and oxygen atoms in total. The Kier molecular flexibility index (Phi) is 4.06. The fourth-order valence-corrected chi connectivity index (χ4v) is 2.49. The van der Waals surface area contributed by atoms with Crippen molar-refractivity contribution in [2.75, 3.05) is 25.6 Å². The van der Waals surface area contributed by atoms with Crippen LogP contribution in [0, 0.1) is 0 Å². The molecule has 0 fully saturated rings. The number of aliphatic hydroxyl groups is 3. The predicted molar refractivity (Wildman–Crippen MR) is 57.3 cm³/mol. The molecule has 0 aliphatic carbocycles. The topological polar surface area (TPSA) is 162 Å². The molecule has 7 N–H and O–H groups in total. The lowest BCUT2D eigenvalue weighted by atomic mass is 10.1. The molecule has 0 spiro atoms. The lowest BCUT2D eigenvalue weighted by Gasteiger charge is -2.27. The van der Waals surface area contributed by atoms with Crippen molar-refractivity contribution in [2.24, 2.45) is 0 Å². The number of aromatic amines is 1. The van der Waals surface area contributed by atoms with E-state index in [1.54, 1.807) is 0 Å². The second kappa shape index (κ2) is 4.98. The Labute approximate surface area is 97.3 Å². The Balaban J connectivity index is 3.05. The first-order chi connectivity index (χ1) is 7.90. The number of hydrogen-bond donors (Lipinski definition) is 6. The SMILES string of the molecule is Nc1[nH]ncc1S(=O)(=O)NC(CO)(CO)CO. The van der Waals surface area contributed by atoms with E-state index in [2.05, 4.69) is 10.2 Å². The maximum absolute atomic E-state index is 11.8. The van der Waals surface area contributed by atoms with Gasteiger partial charge in [-0.25, -0.2) is 8.42 Å². The monoisotopic (exact) mass is 266 g/mol. The Morgan fingerprint density at radius 3 is 2.24 bits per heavy atom. The standard InChI is InChI=1S/C7H14N4O5S/c8-6-5(1-9-10-6)17(15,16)11-7(2-12,3-13)4-14/h1,11-14H,2-4H2,(H3,8,9,10). The lowest BCUT2D eigenvalue weighted by Crippen LogP contribution is -2.56. The maximum Gasteiger partial charge on any atom is 0.246 e. The zero-order valence-corrected chi connectivity index (χ0v) is 9.61. The lowest BCUT2D eigenvalue weighted by molar-refractivity contribution is 0.0582. The van der Waals surface area contributed by atoms with E-state index in [9.17, 15) is 8.42 Å². The van der Waals surface area contributed by atoms with E-state index in [1.807, 2.05) is 4.72 Å². The van der Waals surface area contributed by atoms with Crippen LogP contribution in [0.2, 0.25) is 0 Å². The van der Waals surface area contributed by atoms with Gasteiger partial charge >= 0.3 is 0 Å². The fourth-order valence-electron chi connectivity index (χ4n) is 1.09. The molecule has 1 aromatic heterocycles. The van der Waals surface area contributed by atoms with Crippen LogP contribution in [0.15, 0.2) is 11.1 Å². The van der Waals surface area contributed by atoms with E-state index in [-0.39, 0.29) is 10.7 Å². The van der Waals surface area contributed by atoms with Gasteiger partial charge in [-0.05, 0) is 0 Å². The van der Waals surface area contributed by atoms with Crippen molar-refractivity contribution in [3.63, 3.8) is 0 Å². The van der Waals surface area contributed by atoms with Crippen molar-refractivity contribution >= 4 is 15.8 Å². The van der Waals surface area contributed by atoms with Crippen LogP contribution >= 0.6 is 0 Å². The number of nitrogen functional groups attached to an aromatic ring is 1. The summed E-state index contributed by atoms with van der Waals surface area (Å²) in [7, 11) is -4.09. The molecule has 0 aromatic carbocycles. The minimum Gasteiger partial charge on any atom is -0.394 e. The first-order valence-corrected chi connectivity index (χ1v) is 6.04. The van der Waals surface area contributed by atoms with Gasteiger partial charge in [-0.3, -0.25) is 5.10 Å². The zero-order valence-electron chi connectivity index (χ0n) is 8.79.